The smallest absolute Gasteiger partial charge is 0.191 e. The molecule has 2 rings (SSSR count). The fourth-order valence-electron chi connectivity index (χ4n) is 2.76. The lowest BCUT2D eigenvalue weighted by atomic mass is 9.82. The predicted molar refractivity (Wildman–Crippen MR) is 104 cm³/mol. The Balaban J connectivity index is 1.85. The van der Waals surface area contributed by atoms with Gasteiger partial charge >= 0.3 is 0 Å². The zero-order valence-corrected chi connectivity index (χ0v) is 16.1. The monoisotopic (exact) mass is 344 g/mol. The fourth-order valence-corrected chi connectivity index (χ4v) is 3.54. The van der Waals surface area contributed by atoms with Gasteiger partial charge < -0.3 is 10.6 Å². The van der Waals surface area contributed by atoms with E-state index in [1.54, 1.807) is 11.3 Å². The molecule has 0 saturated heterocycles. The second kappa shape index (κ2) is 8.29. The van der Waals surface area contributed by atoms with Gasteiger partial charge in [-0.05, 0) is 25.0 Å². The fraction of sp³-hybridized carbons (Fsp3) is 0.474. The number of benzene rings is 1. The van der Waals surface area contributed by atoms with Crippen LogP contribution in [0, 0.1) is 13.8 Å². The van der Waals surface area contributed by atoms with Gasteiger partial charge in [0.05, 0.1) is 5.01 Å². The zero-order chi connectivity index (χ0) is 17.6. The maximum atomic E-state index is 4.39. The summed E-state index contributed by atoms with van der Waals surface area (Å²) in [4.78, 5) is 9.97. The first-order chi connectivity index (χ1) is 11.4. The van der Waals surface area contributed by atoms with E-state index in [2.05, 4.69) is 72.6 Å². The molecule has 0 spiro atoms. The van der Waals surface area contributed by atoms with Crippen LogP contribution in [0.15, 0.2) is 35.5 Å². The number of aliphatic imine (C=N–C) groups is 1. The molecular formula is C19H28N4S. The van der Waals surface area contributed by atoms with Gasteiger partial charge in [-0.3, -0.25) is 4.99 Å². The van der Waals surface area contributed by atoms with E-state index in [1.165, 1.54) is 16.0 Å². The van der Waals surface area contributed by atoms with Crippen LogP contribution in [0.5, 0.6) is 0 Å². The third-order valence-corrected chi connectivity index (χ3v) is 5.07. The maximum Gasteiger partial charge on any atom is 0.191 e. The Bertz CT molecular complexity index is 688. The molecule has 0 atom stereocenters. The van der Waals surface area contributed by atoms with E-state index < -0.39 is 0 Å². The summed E-state index contributed by atoms with van der Waals surface area (Å²) in [5, 5.41) is 7.98. The van der Waals surface area contributed by atoms with E-state index in [1.807, 2.05) is 13.2 Å². The van der Waals surface area contributed by atoms with Gasteiger partial charge in [0.25, 0.3) is 0 Å². The average Bonchev–Trinajstić information content (AvgIpc) is 2.96. The molecule has 0 aliphatic heterocycles. The van der Waals surface area contributed by atoms with Crippen LogP contribution in [-0.2, 0) is 11.8 Å². The van der Waals surface area contributed by atoms with Crippen LogP contribution >= 0.6 is 11.3 Å². The number of hydrogen-bond donors (Lipinski definition) is 2. The molecule has 4 nitrogen and oxygen atoms in total. The number of aryl methyl sites for hydroxylation is 2. The van der Waals surface area contributed by atoms with Crippen molar-refractivity contribution >= 4 is 17.3 Å². The molecule has 0 bridgehead atoms. The Kier molecular flexibility index (Phi) is 6.37. The molecule has 0 amide bonds. The third kappa shape index (κ3) is 5.06. The van der Waals surface area contributed by atoms with Crippen LogP contribution in [-0.4, -0.2) is 31.1 Å². The number of nitrogens with one attached hydrogen (secondary N) is 2. The molecule has 1 aromatic carbocycles. The van der Waals surface area contributed by atoms with Crippen LogP contribution in [0.25, 0.3) is 0 Å². The van der Waals surface area contributed by atoms with Crippen molar-refractivity contribution in [3.63, 3.8) is 0 Å². The molecule has 0 aliphatic rings. The molecule has 130 valence electrons. The summed E-state index contributed by atoms with van der Waals surface area (Å²) in [5.74, 6) is 0.838. The van der Waals surface area contributed by atoms with E-state index in [-0.39, 0.29) is 5.41 Å². The quantitative estimate of drug-likeness (QED) is 0.623. The van der Waals surface area contributed by atoms with Gasteiger partial charge in [0, 0.05) is 43.0 Å². The van der Waals surface area contributed by atoms with Gasteiger partial charge in [-0.2, -0.15) is 0 Å². The molecule has 5 heteroatoms. The summed E-state index contributed by atoms with van der Waals surface area (Å²) in [6, 6.07) is 8.56. The van der Waals surface area contributed by atoms with Crippen molar-refractivity contribution in [2.24, 2.45) is 4.99 Å². The van der Waals surface area contributed by atoms with Crippen molar-refractivity contribution in [3.05, 3.63) is 51.5 Å². The number of hydrogen-bond acceptors (Lipinski definition) is 3. The molecule has 0 aliphatic carbocycles. The zero-order valence-electron chi connectivity index (χ0n) is 15.3. The van der Waals surface area contributed by atoms with Crippen molar-refractivity contribution in [1.82, 2.24) is 15.6 Å². The minimum atomic E-state index is 0.0371. The highest BCUT2D eigenvalue weighted by Gasteiger charge is 2.22. The maximum absolute atomic E-state index is 4.39. The van der Waals surface area contributed by atoms with Gasteiger partial charge in [-0.15, -0.1) is 11.3 Å². The number of thiazole rings is 1. The van der Waals surface area contributed by atoms with Gasteiger partial charge in [0.1, 0.15) is 0 Å². The van der Waals surface area contributed by atoms with E-state index >= 15 is 0 Å². The summed E-state index contributed by atoms with van der Waals surface area (Å²) in [7, 11) is 1.81. The predicted octanol–water partition coefficient (Wildman–Crippen LogP) is 3.45. The lowest BCUT2D eigenvalue weighted by Gasteiger charge is -2.28. The Morgan fingerprint density at radius 3 is 2.58 bits per heavy atom. The standard InChI is InChI=1S/C19H28N4S/c1-14-8-6-7-9-16(14)19(3,4)13-23-18(20-5)21-11-10-17-22-12-15(2)24-17/h6-9,12H,10-11,13H2,1-5H3,(H2,20,21,23). The normalized spacial score (nSPS) is 12.3. The van der Waals surface area contributed by atoms with Crippen molar-refractivity contribution in [2.75, 3.05) is 20.1 Å². The van der Waals surface area contributed by atoms with E-state index in [9.17, 15) is 0 Å². The first kappa shape index (κ1) is 18.5. The summed E-state index contributed by atoms with van der Waals surface area (Å²) < 4.78 is 0. The Morgan fingerprint density at radius 1 is 1.21 bits per heavy atom. The minimum Gasteiger partial charge on any atom is -0.356 e. The lowest BCUT2D eigenvalue weighted by molar-refractivity contribution is 0.506. The number of rotatable bonds is 6. The average molecular weight is 345 g/mol. The minimum absolute atomic E-state index is 0.0371. The largest absolute Gasteiger partial charge is 0.356 e. The second-order valence-corrected chi connectivity index (χ2v) is 7.99. The molecule has 1 aromatic heterocycles. The van der Waals surface area contributed by atoms with Gasteiger partial charge in [-0.1, -0.05) is 38.1 Å². The van der Waals surface area contributed by atoms with E-state index in [0.29, 0.717) is 0 Å². The molecule has 1 heterocycles. The van der Waals surface area contributed by atoms with Crippen LogP contribution < -0.4 is 10.6 Å². The number of guanidine groups is 1. The topological polar surface area (TPSA) is 49.3 Å². The van der Waals surface area contributed by atoms with E-state index in [0.717, 1.165) is 30.5 Å². The third-order valence-electron chi connectivity index (χ3n) is 4.10. The van der Waals surface area contributed by atoms with Gasteiger partial charge in [0.2, 0.25) is 0 Å². The van der Waals surface area contributed by atoms with Gasteiger partial charge in [0.15, 0.2) is 5.96 Å². The number of nitrogens with zero attached hydrogens (tertiary/aromatic N) is 2. The van der Waals surface area contributed by atoms with Crippen molar-refractivity contribution in [2.45, 2.75) is 39.5 Å². The summed E-state index contributed by atoms with van der Waals surface area (Å²) in [6.07, 6.45) is 2.85. The van der Waals surface area contributed by atoms with Crippen LogP contribution in [0.1, 0.15) is 34.9 Å². The Morgan fingerprint density at radius 2 is 1.96 bits per heavy atom. The SMILES string of the molecule is CN=C(NCCc1ncc(C)s1)NCC(C)(C)c1ccccc1C. The molecule has 0 saturated carbocycles. The molecule has 2 N–H and O–H groups in total. The number of aromatic nitrogens is 1. The van der Waals surface area contributed by atoms with Crippen LogP contribution in [0.2, 0.25) is 0 Å². The molecular weight excluding hydrogens is 316 g/mol. The highest BCUT2D eigenvalue weighted by molar-refractivity contribution is 7.11. The highest BCUT2D eigenvalue weighted by atomic mass is 32.1. The molecule has 0 radical (unpaired) electrons. The van der Waals surface area contributed by atoms with Crippen LogP contribution in [0.4, 0.5) is 0 Å². The Hall–Kier alpha value is -1.88. The van der Waals surface area contributed by atoms with Gasteiger partial charge in [-0.25, -0.2) is 4.98 Å². The molecule has 24 heavy (non-hydrogen) atoms. The lowest BCUT2D eigenvalue weighted by Crippen LogP contribution is -2.44. The van der Waals surface area contributed by atoms with E-state index in [4.69, 9.17) is 0 Å². The first-order valence-corrected chi connectivity index (χ1v) is 9.16. The summed E-state index contributed by atoms with van der Waals surface area (Å²) >= 11 is 1.75. The van der Waals surface area contributed by atoms with Crippen molar-refractivity contribution < 1.29 is 0 Å². The summed E-state index contributed by atoms with van der Waals surface area (Å²) in [5.41, 5.74) is 2.73. The Labute approximate surface area is 149 Å². The first-order valence-electron chi connectivity index (χ1n) is 8.34. The van der Waals surface area contributed by atoms with Crippen molar-refractivity contribution in [1.29, 1.82) is 0 Å². The summed E-state index contributed by atoms with van der Waals surface area (Å²) in [6.45, 7) is 10.4. The van der Waals surface area contributed by atoms with Crippen LogP contribution in [0.3, 0.4) is 0 Å². The second-order valence-electron chi connectivity index (χ2n) is 6.67. The molecule has 2 aromatic rings. The molecule has 0 fully saturated rings. The molecule has 0 unspecified atom stereocenters. The van der Waals surface area contributed by atoms with Crippen molar-refractivity contribution in [3.8, 4) is 0 Å². The highest BCUT2D eigenvalue weighted by Crippen LogP contribution is 2.25.